The molecule has 0 unspecified atom stereocenters. The number of rotatable bonds is 6. The SMILES string of the molecule is O=C(NCCCN1CCC2(CC1)C(=O)NCN2c1ccccc1)c1ccc2ccccc2c1. The van der Waals surface area contributed by atoms with Crippen molar-refractivity contribution in [2.45, 2.75) is 24.8 Å². The molecule has 0 radical (unpaired) electrons. The molecule has 33 heavy (non-hydrogen) atoms. The third-order valence-electron chi connectivity index (χ3n) is 7.04. The highest BCUT2D eigenvalue weighted by Gasteiger charge is 2.50. The number of hydrogen-bond acceptors (Lipinski definition) is 4. The second-order valence-electron chi connectivity index (χ2n) is 8.97. The Morgan fingerprint density at radius 1 is 0.939 bits per heavy atom. The first-order valence-electron chi connectivity index (χ1n) is 11.8. The van der Waals surface area contributed by atoms with Crippen molar-refractivity contribution < 1.29 is 9.59 Å². The summed E-state index contributed by atoms with van der Waals surface area (Å²) in [4.78, 5) is 30.0. The lowest BCUT2D eigenvalue weighted by molar-refractivity contribution is -0.125. The van der Waals surface area contributed by atoms with E-state index in [2.05, 4.69) is 32.6 Å². The molecule has 1 spiro atoms. The normalized spacial score (nSPS) is 17.9. The number of carbonyl (C=O) groups excluding carboxylic acids is 2. The zero-order chi connectivity index (χ0) is 22.7. The first-order valence-corrected chi connectivity index (χ1v) is 11.8. The molecular formula is C27H30N4O2. The van der Waals surface area contributed by atoms with Crippen LogP contribution in [0.5, 0.6) is 0 Å². The van der Waals surface area contributed by atoms with Crippen LogP contribution in [-0.4, -0.2) is 55.1 Å². The molecule has 2 aliphatic rings. The zero-order valence-electron chi connectivity index (χ0n) is 18.8. The molecule has 3 aromatic rings. The Bertz CT molecular complexity index is 1140. The number of nitrogens with zero attached hydrogens (tertiary/aromatic N) is 2. The second kappa shape index (κ2) is 9.24. The van der Waals surface area contributed by atoms with Gasteiger partial charge in [-0.15, -0.1) is 0 Å². The third-order valence-corrected chi connectivity index (χ3v) is 7.04. The largest absolute Gasteiger partial charge is 0.352 e. The minimum Gasteiger partial charge on any atom is -0.352 e. The van der Waals surface area contributed by atoms with Gasteiger partial charge in [-0.3, -0.25) is 9.59 Å². The smallest absolute Gasteiger partial charge is 0.251 e. The van der Waals surface area contributed by atoms with Crippen molar-refractivity contribution in [2.24, 2.45) is 0 Å². The zero-order valence-corrected chi connectivity index (χ0v) is 18.8. The Morgan fingerprint density at radius 2 is 1.67 bits per heavy atom. The summed E-state index contributed by atoms with van der Waals surface area (Å²) in [6.07, 6.45) is 2.52. The molecule has 0 aromatic heterocycles. The topological polar surface area (TPSA) is 64.7 Å². The summed E-state index contributed by atoms with van der Waals surface area (Å²) in [7, 11) is 0. The van der Waals surface area contributed by atoms with Crippen LogP contribution in [0.4, 0.5) is 5.69 Å². The van der Waals surface area contributed by atoms with Gasteiger partial charge in [-0.25, -0.2) is 0 Å². The fourth-order valence-electron chi connectivity index (χ4n) is 5.12. The lowest BCUT2D eigenvalue weighted by atomic mass is 9.85. The van der Waals surface area contributed by atoms with E-state index in [1.807, 2.05) is 60.7 Å². The number of para-hydroxylation sites is 1. The van der Waals surface area contributed by atoms with Crippen LogP contribution in [0, 0.1) is 0 Å². The van der Waals surface area contributed by atoms with Gasteiger partial charge in [-0.05, 0) is 60.8 Å². The summed E-state index contributed by atoms with van der Waals surface area (Å²) < 4.78 is 0. The first-order chi connectivity index (χ1) is 16.2. The van der Waals surface area contributed by atoms with E-state index >= 15 is 0 Å². The van der Waals surface area contributed by atoms with Gasteiger partial charge in [-0.2, -0.15) is 0 Å². The molecule has 2 amide bonds. The molecule has 2 N–H and O–H groups in total. The maximum atomic E-state index is 12.8. The van der Waals surface area contributed by atoms with Crippen LogP contribution in [0.1, 0.15) is 29.6 Å². The van der Waals surface area contributed by atoms with Gasteiger partial charge in [0.2, 0.25) is 5.91 Å². The summed E-state index contributed by atoms with van der Waals surface area (Å²) in [5.74, 6) is 0.119. The Morgan fingerprint density at radius 3 is 2.45 bits per heavy atom. The predicted octanol–water partition coefficient (Wildman–Crippen LogP) is 3.39. The summed E-state index contributed by atoms with van der Waals surface area (Å²) in [5, 5.41) is 8.32. The Kier molecular flexibility index (Phi) is 6.01. The average Bonchev–Trinajstić information content (AvgIpc) is 3.18. The molecular weight excluding hydrogens is 412 g/mol. The molecule has 170 valence electrons. The number of likely N-dealkylation sites (tertiary alicyclic amines) is 1. The molecule has 0 aliphatic carbocycles. The van der Waals surface area contributed by atoms with E-state index in [0.717, 1.165) is 55.4 Å². The van der Waals surface area contributed by atoms with Crippen molar-refractivity contribution in [1.29, 1.82) is 0 Å². The molecule has 2 saturated heterocycles. The highest BCUT2D eigenvalue weighted by Crippen LogP contribution is 2.36. The first kappa shape index (κ1) is 21.5. The van der Waals surface area contributed by atoms with Crippen LogP contribution in [0.3, 0.4) is 0 Å². The lowest BCUT2D eigenvalue weighted by Gasteiger charge is -2.43. The fourth-order valence-corrected chi connectivity index (χ4v) is 5.12. The molecule has 5 rings (SSSR count). The number of hydrogen-bond donors (Lipinski definition) is 2. The standard InChI is InChI=1S/C27H30N4O2/c32-25(23-12-11-21-7-4-5-8-22(21)19-23)28-15-6-16-30-17-13-27(14-18-30)26(33)29-20-31(27)24-9-2-1-3-10-24/h1-5,7-12,19H,6,13-18,20H2,(H,28,32)(H,29,33). The summed E-state index contributed by atoms with van der Waals surface area (Å²) in [6, 6.07) is 24.1. The minimum atomic E-state index is -0.442. The molecule has 3 aromatic carbocycles. The number of benzene rings is 3. The second-order valence-corrected chi connectivity index (χ2v) is 8.97. The van der Waals surface area contributed by atoms with Gasteiger partial charge in [0, 0.05) is 30.9 Å². The van der Waals surface area contributed by atoms with Crippen molar-refractivity contribution in [1.82, 2.24) is 15.5 Å². The number of carbonyl (C=O) groups is 2. The van der Waals surface area contributed by atoms with E-state index in [0.29, 0.717) is 18.8 Å². The lowest BCUT2D eigenvalue weighted by Crippen LogP contribution is -2.56. The molecule has 6 nitrogen and oxygen atoms in total. The molecule has 0 saturated carbocycles. The van der Waals surface area contributed by atoms with Gasteiger partial charge in [0.15, 0.2) is 0 Å². The molecule has 2 fully saturated rings. The number of fused-ring (bicyclic) bond motifs is 1. The third kappa shape index (κ3) is 4.31. The Labute approximate surface area is 194 Å². The minimum absolute atomic E-state index is 0.0283. The van der Waals surface area contributed by atoms with Crippen molar-refractivity contribution in [3.05, 3.63) is 78.4 Å². The highest BCUT2D eigenvalue weighted by molar-refractivity contribution is 5.98. The van der Waals surface area contributed by atoms with Gasteiger partial charge in [0.25, 0.3) is 5.91 Å². The van der Waals surface area contributed by atoms with E-state index in [1.165, 1.54) is 0 Å². The predicted molar refractivity (Wildman–Crippen MR) is 131 cm³/mol. The van der Waals surface area contributed by atoms with Gasteiger partial charge >= 0.3 is 0 Å². The number of nitrogens with one attached hydrogen (secondary N) is 2. The molecule has 2 aliphatic heterocycles. The quantitative estimate of drug-likeness (QED) is 0.575. The van der Waals surface area contributed by atoms with Gasteiger partial charge in [0.05, 0.1) is 6.67 Å². The van der Waals surface area contributed by atoms with Gasteiger partial charge in [0.1, 0.15) is 5.54 Å². The summed E-state index contributed by atoms with van der Waals surface area (Å²) in [6.45, 7) is 3.90. The number of anilines is 1. The van der Waals surface area contributed by atoms with E-state index in [-0.39, 0.29) is 11.8 Å². The monoisotopic (exact) mass is 442 g/mol. The van der Waals surface area contributed by atoms with Crippen LogP contribution in [0.15, 0.2) is 72.8 Å². The summed E-state index contributed by atoms with van der Waals surface area (Å²) in [5.41, 5.74) is 1.35. The van der Waals surface area contributed by atoms with Crippen LogP contribution in [0.2, 0.25) is 0 Å². The van der Waals surface area contributed by atoms with Crippen molar-refractivity contribution in [2.75, 3.05) is 37.7 Å². The van der Waals surface area contributed by atoms with Crippen LogP contribution in [0.25, 0.3) is 10.8 Å². The molecule has 2 heterocycles. The van der Waals surface area contributed by atoms with Crippen molar-refractivity contribution >= 4 is 28.3 Å². The molecule has 0 bridgehead atoms. The maximum Gasteiger partial charge on any atom is 0.251 e. The number of piperidine rings is 1. The average molecular weight is 443 g/mol. The fraction of sp³-hybridized carbons (Fsp3) is 0.333. The maximum absolute atomic E-state index is 12.8. The van der Waals surface area contributed by atoms with Gasteiger partial charge < -0.3 is 20.4 Å². The van der Waals surface area contributed by atoms with Crippen molar-refractivity contribution in [3.8, 4) is 0 Å². The Balaban J connectivity index is 1.10. The van der Waals surface area contributed by atoms with Crippen LogP contribution in [-0.2, 0) is 4.79 Å². The highest BCUT2D eigenvalue weighted by atomic mass is 16.2. The number of amides is 2. The van der Waals surface area contributed by atoms with Crippen LogP contribution >= 0.6 is 0 Å². The van der Waals surface area contributed by atoms with E-state index < -0.39 is 5.54 Å². The van der Waals surface area contributed by atoms with E-state index in [4.69, 9.17) is 0 Å². The van der Waals surface area contributed by atoms with E-state index in [1.54, 1.807) is 0 Å². The van der Waals surface area contributed by atoms with Crippen LogP contribution < -0.4 is 15.5 Å². The molecule has 0 atom stereocenters. The van der Waals surface area contributed by atoms with Gasteiger partial charge in [-0.1, -0.05) is 48.5 Å². The molecule has 6 heteroatoms. The Hall–Kier alpha value is -3.38. The summed E-state index contributed by atoms with van der Waals surface area (Å²) >= 11 is 0. The van der Waals surface area contributed by atoms with Crippen molar-refractivity contribution in [3.63, 3.8) is 0 Å². The van der Waals surface area contributed by atoms with E-state index in [9.17, 15) is 9.59 Å².